The van der Waals surface area contributed by atoms with Crippen LogP contribution < -0.4 is 5.32 Å². The minimum Gasteiger partial charge on any atom is -0.400 e. The second-order valence-electron chi connectivity index (χ2n) is 6.36. The lowest BCUT2D eigenvalue weighted by molar-refractivity contribution is 0.00578. The molecule has 1 aromatic rings. The zero-order valence-corrected chi connectivity index (χ0v) is 13.4. The number of halogens is 1. The maximum Gasteiger partial charge on any atom is 0.491 e. The molecule has 21 heavy (non-hydrogen) atoms. The first-order valence-electron chi connectivity index (χ1n) is 7.22. The highest BCUT2D eigenvalue weighted by Crippen LogP contribution is 2.38. The van der Waals surface area contributed by atoms with Crippen LogP contribution in [-0.2, 0) is 9.31 Å². The van der Waals surface area contributed by atoms with Crippen LogP contribution >= 0.6 is 0 Å². The van der Waals surface area contributed by atoms with Crippen LogP contribution in [0.4, 0.5) is 4.39 Å². The van der Waals surface area contributed by atoms with E-state index >= 15 is 0 Å². The third kappa shape index (κ3) is 3.36. The molecule has 0 radical (unpaired) electrons. The molecule has 0 amide bonds. The van der Waals surface area contributed by atoms with Gasteiger partial charge in [-0.05, 0) is 46.3 Å². The molecule has 0 bridgehead atoms. The van der Waals surface area contributed by atoms with Crippen LogP contribution in [0.25, 0.3) is 6.08 Å². The van der Waals surface area contributed by atoms with Crippen molar-refractivity contribution in [2.45, 2.75) is 38.9 Å². The Kier molecular flexibility index (Phi) is 4.56. The smallest absolute Gasteiger partial charge is 0.400 e. The first-order valence-corrected chi connectivity index (χ1v) is 7.22. The third-order valence-corrected chi connectivity index (χ3v) is 4.18. The zero-order valence-electron chi connectivity index (χ0n) is 13.4. The fourth-order valence-electron chi connectivity index (χ4n) is 2.19. The van der Waals surface area contributed by atoms with Gasteiger partial charge in [0.1, 0.15) is 5.82 Å². The predicted molar refractivity (Wildman–Crippen MR) is 84.4 cm³/mol. The molecule has 0 unspecified atom stereocenters. The Bertz CT molecular complexity index is 527. The van der Waals surface area contributed by atoms with E-state index in [1.54, 1.807) is 18.2 Å². The number of likely N-dealkylation sites (N-methyl/N-ethyl adjacent to an activating group) is 1. The van der Waals surface area contributed by atoms with Gasteiger partial charge in [-0.25, -0.2) is 4.39 Å². The highest BCUT2D eigenvalue weighted by molar-refractivity contribution is 6.55. The predicted octanol–water partition coefficient (Wildman–Crippen LogP) is 3.06. The lowest BCUT2D eigenvalue weighted by atomic mass is 9.77. The second kappa shape index (κ2) is 5.91. The second-order valence-corrected chi connectivity index (χ2v) is 6.36. The molecule has 1 saturated heterocycles. The van der Waals surface area contributed by atoms with Gasteiger partial charge in [0.2, 0.25) is 0 Å². The highest BCUT2D eigenvalue weighted by atomic mass is 19.1. The standard InChI is InChI=1S/C16H23BFNO2/c1-15(2)16(3,4)21-17(20-15)13(11-19-5)10-12-8-6-7-9-14(12)18/h6-10,19H,11H2,1-5H3. The van der Waals surface area contributed by atoms with E-state index in [1.807, 2.05) is 40.8 Å². The molecule has 0 aromatic heterocycles. The van der Waals surface area contributed by atoms with Crippen molar-refractivity contribution >= 4 is 13.2 Å². The van der Waals surface area contributed by atoms with Crippen molar-refractivity contribution in [2.24, 2.45) is 0 Å². The fraction of sp³-hybridized carbons (Fsp3) is 0.500. The molecule has 1 aliphatic rings. The number of rotatable bonds is 4. The molecule has 1 aliphatic heterocycles. The van der Waals surface area contributed by atoms with Crippen LogP contribution in [0, 0.1) is 5.82 Å². The summed E-state index contributed by atoms with van der Waals surface area (Å²) in [6.07, 6.45) is 1.80. The van der Waals surface area contributed by atoms with Gasteiger partial charge in [-0.1, -0.05) is 24.3 Å². The van der Waals surface area contributed by atoms with Gasteiger partial charge in [0.15, 0.2) is 0 Å². The molecule has 3 nitrogen and oxygen atoms in total. The van der Waals surface area contributed by atoms with Gasteiger partial charge in [0.05, 0.1) is 11.2 Å². The summed E-state index contributed by atoms with van der Waals surface area (Å²) >= 11 is 0. The first-order chi connectivity index (χ1) is 9.77. The van der Waals surface area contributed by atoms with E-state index in [2.05, 4.69) is 5.32 Å². The van der Waals surface area contributed by atoms with Crippen molar-refractivity contribution in [3.8, 4) is 0 Å². The molecular weight excluding hydrogens is 268 g/mol. The fourth-order valence-corrected chi connectivity index (χ4v) is 2.19. The summed E-state index contributed by atoms with van der Waals surface area (Å²) in [5, 5.41) is 3.09. The van der Waals surface area contributed by atoms with E-state index in [4.69, 9.17) is 9.31 Å². The van der Waals surface area contributed by atoms with Crippen molar-refractivity contribution in [2.75, 3.05) is 13.6 Å². The molecule has 5 heteroatoms. The minimum atomic E-state index is -0.470. The van der Waals surface area contributed by atoms with Crippen LogP contribution in [0.3, 0.4) is 0 Å². The van der Waals surface area contributed by atoms with E-state index in [-0.39, 0.29) is 5.82 Å². The summed E-state index contributed by atoms with van der Waals surface area (Å²) in [5.74, 6) is -0.248. The lowest BCUT2D eigenvalue weighted by Crippen LogP contribution is -2.41. The van der Waals surface area contributed by atoms with Gasteiger partial charge in [0.25, 0.3) is 0 Å². The Morgan fingerprint density at radius 3 is 2.29 bits per heavy atom. The molecule has 0 saturated carbocycles. The third-order valence-electron chi connectivity index (χ3n) is 4.18. The van der Waals surface area contributed by atoms with E-state index in [0.717, 1.165) is 5.47 Å². The molecule has 1 fully saturated rings. The van der Waals surface area contributed by atoms with Crippen molar-refractivity contribution in [1.82, 2.24) is 5.32 Å². The average Bonchev–Trinajstić information content (AvgIpc) is 2.60. The molecule has 2 rings (SSSR count). The molecular formula is C16H23BFNO2. The van der Waals surface area contributed by atoms with Gasteiger partial charge in [-0.2, -0.15) is 0 Å². The Morgan fingerprint density at radius 1 is 1.19 bits per heavy atom. The number of hydrogen-bond acceptors (Lipinski definition) is 3. The molecule has 0 atom stereocenters. The van der Waals surface area contributed by atoms with Crippen molar-refractivity contribution in [3.63, 3.8) is 0 Å². The van der Waals surface area contributed by atoms with Crippen molar-refractivity contribution in [3.05, 3.63) is 41.1 Å². The van der Waals surface area contributed by atoms with Crippen molar-refractivity contribution in [1.29, 1.82) is 0 Å². The molecule has 1 aromatic carbocycles. The summed E-state index contributed by atoms with van der Waals surface area (Å²) in [4.78, 5) is 0. The largest absolute Gasteiger partial charge is 0.491 e. The zero-order chi connectivity index (χ0) is 15.7. The Labute approximate surface area is 126 Å². The monoisotopic (exact) mass is 291 g/mol. The normalized spacial score (nSPS) is 20.9. The maximum atomic E-state index is 13.8. The van der Waals surface area contributed by atoms with Gasteiger partial charge in [0, 0.05) is 12.1 Å². The quantitative estimate of drug-likeness (QED) is 0.865. The summed E-state index contributed by atoms with van der Waals surface area (Å²) in [5.41, 5.74) is 0.609. The van der Waals surface area contributed by atoms with Gasteiger partial charge in [-0.15, -0.1) is 0 Å². The first kappa shape index (κ1) is 16.2. The van der Waals surface area contributed by atoms with Crippen LogP contribution in [0.1, 0.15) is 33.3 Å². The molecule has 114 valence electrons. The highest BCUT2D eigenvalue weighted by Gasteiger charge is 2.52. The molecule has 0 aliphatic carbocycles. The van der Waals surface area contributed by atoms with Crippen LogP contribution in [0.2, 0.25) is 0 Å². The van der Waals surface area contributed by atoms with Crippen LogP contribution in [0.5, 0.6) is 0 Å². The average molecular weight is 291 g/mol. The number of benzene rings is 1. The summed E-state index contributed by atoms with van der Waals surface area (Å²) in [7, 11) is 1.38. The summed E-state index contributed by atoms with van der Waals surface area (Å²) < 4.78 is 25.9. The van der Waals surface area contributed by atoms with Gasteiger partial charge < -0.3 is 14.6 Å². The summed E-state index contributed by atoms with van der Waals surface area (Å²) in [6.45, 7) is 8.60. The van der Waals surface area contributed by atoms with E-state index < -0.39 is 18.3 Å². The van der Waals surface area contributed by atoms with Gasteiger partial charge in [-0.3, -0.25) is 0 Å². The Balaban J connectivity index is 2.31. The van der Waals surface area contributed by atoms with Crippen molar-refractivity contribution < 1.29 is 13.7 Å². The number of nitrogens with one attached hydrogen (secondary N) is 1. The topological polar surface area (TPSA) is 30.5 Å². The van der Waals surface area contributed by atoms with E-state index in [9.17, 15) is 4.39 Å². The van der Waals surface area contributed by atoms with E-state index in [1.165, 1.54) is 6.07 Å². The Hall–Kier alpha value is -1.17. The number of hydrogen-bond donors (Lipinski definition) is 1. The SMILES string of the molecule is CNCC(=Cc1ccccc1F)B1OC(C)(C)C(C)(C)O1. The van der Waals surface area contributed by atoms with Gasteiger partial charge >= 0.3 is 7.12 Å². The maximum absolute atomic E-state index is 13.8. The molecule has 1 heterocycles. The molecule has 0 spiro atoms. The summed E-state index contributed by atoms with van der Waals surface area (Å²) in [6, 6.07) is 6.69. The lowest BCUT2D eigenvalue weighted by Gasteiger charge is -2.32. The Morgan fingerprint density at radius 2 is 1.76 bits per heavy atom. The van der Waals surface area contributed by atoms with E-state index in [0.29, 0.717) is 12.1 Å². The minimum absolute atomic E-state index is 0.248. The molecule has 1 N–H and O–H groups in total. The van der Waals surface area contributed by atoms with Crippen LogP contribution in [0.15, 0.2) is 29.7 Å². The van der Waals surface area contributed by atoms with Crippen LogP contribution in [-0.4, -0.2) is 31.9 Å².